The lowest BCUT2D eigenvalue weighted by atomic mass is 10.0. The van der Waals surface area contributed by atoms with Crippen molar-refractivity contribution in [3.63, 3.8) is 0 Å². The first-order valence-electron chi connectivity index (χ1n) is 13.1. The molecule has 2 N–H and O–H groups in total. The summed E-state index contributed by atoms with van der Waals surface area (Å²) in [5, 5.41) is 13.1. The number of hydrogen-bond donors (Lipinski definition) is 2. The number of carbonyl (C=O) groups excluding carboxylic acids is 1. The topological polar surface area (TPSA) is 122 Å². The lowest BCUT2D eigenvalue weighted by Gasteiger charge is -2.35. The number of nitrogens with one attached hydrogen (secondary N) is 1. The zero-order chi connectivity index (χ0) is 28.9. The van der Waals surface area contributed by atoms with E-state index >= 15 is 0 Å². The predicted molar refractivity (Wildman–Crippen MR) is 156 cm³/mol. The van der Waals surface area contributed by atoms with Crippen LogP contribution in [0, 0.1) is 6.92 Å². The molecule has 11 heteroatoms. The standard InChI is InChI=1S/C29H34N2O7S2/c1-19(2)38-25(32)17-37-26-20(3)27(39-28(26)29(33)34)22-10-7-11-24(16-22)31(23-12-14-30-15-13-23)40(35,36)18-21-8-5-4-6-9-21/h4-11,16,19,23,30H,12-15,17-18H2,1-3H3,(H,33,34). The lowest BCUT2D eigenvalue weighted by Crippen LogP contribution is -2.46. The summed E-state index contributed by atoms with van der Waals surface area (Å²) in [6.07, 6.45) is 1.02. The quantitative estimate of drug-likeness (QED) is 0.306. The van der Waals surface area contributed by atoms with Crippen LogP contribution in [0.15, 0.2) is 54.6 Å². The van der Waals surface area contributed by atoms with Crippen molar-refractivity contribution in [3.05, 3.63) is 70.6 Å². The van der Waals surface area contributed by atoms with Crippen LogP contribution >= 0.6 is 11.3 Å². The van der Waals surface area contributed by atoms with Crippen molar-refractivity contribution in [2.75, 3.05) is 24.0 Å². The molecule has 0 bridgehead atoms. The van der Waals surface area contributed by atoms with Gasteiger partial charge in [-0.25, -0.2) is 18.0 Å². The monoisotopic (exact) mass is 586 g/mol. The summed E-state index contributed by atoms with van der Waals surface area (Å²) in [6, 6.07) is 16.0. The van der Waals surface area contributed by atoms with Crippen molar-refractivity contribution in [1.82, 2.24) is 5.32 Å². The number of anilines is 1. The van der Waals surface area contributed by atoms with Gasteiger partial charge in [0.2, 0.25) is 10.0 Å². The molecule has 0 radical (unpaired) electrons. The Morgan fingerprint density at radius 1 is 1.10 bits per heavy atom. The number of aromatic carboxylic acids is 1. The van der Waals surface area contributed by atoms with Crippen LogP contribution in [0.25, 0.3) is 10.4 Å². The molecule has 1 aliphatic heterocycles. The van der Waals surface area contributed by atoms with Crippen LogP contribution in [0.2, 0.25) is 0 Å². The molecule has 1 aromatic heterocycles. The van der Waals surface area contributed by atoms with Gasteiger partial charge in [-0.3, -0.25) is 4.31 Å². The number of carbonyl (C=O) groups is 2. The molecule has 0 atom stereocenters. The molecule has 4 rings (SSSR count). The number of rotatable bonds is 11. The zero-order valence-corrected chi connectivity index (χ0v) is 24.4. The molecule has 9 nitrogen and oxygen atoms in total. The smallest absolute Gasteiger partial charge is 0.349 e. The zero-order valence-electron chi connectivity index (χ0n) is 22.8. The maximum Gasteiger partial charge on any atom is 0.349 e. The van der Waals surface area contributed by atoms with E-state index in [9.17, 15) is 23.1 Å². The molecule has 0 unspecified atom stereocenters. The number of benzene rings is 2. The second-order valence-corrected chi connectivity index (χ2v) is 12.8. The van der Waals surface area contributed by atoms with E-state index in [4.69, 9.17) is 9.47 Å². The van der Waals surface area contributed by atoms with Gasteiger partial charge in [0, 0.05) is 16.5 Å². The van der Waals surface area contributed by atoms with Crippen LogP contribution in [0.3, 0.4) is 0 Å². The highest BCUT2D eigenvalue weighted by Gasteiger charge is 2.32. The lowest BCUT2D eigenvalue weighted by molar-refractivity contribution is -0.149. The maximum atomic E-state index is 13.9. The Hall–Kier alpha value is -3.41. The van der Waals surface area contributed by atoms with E-state index in [1.165, 1.54) is 4.31 Å². The summed E-state index contributed by atoms with van der Waals surface area (Å²) < 4.78 is 40.0. The van der Waals surface area contributed by atoms with Crippen LogP contribution in [-0.4, -0.2) is 57.3 Å². The number of carboxylic acid groups (broad SMARTS) is 1. The van der Waals surface area contributed by atoms with E-state index in [0.717, 1.165) is 11.3 Å². The molecule has 214 valence electrons. The van der Waals surface area contributed by atoms with E-state index in [2.05, 4.69) is 5.32 Å². The number of sulfonamides is 1. The van der Waals surface area contributed by atoms with Gasteiger partial charge < -0.3 is 19.9 Å². The third kappa shape index (κ3) is 7.01. The normalized spacial score (nSPS) is 14.2. The van der Waals surface area contributed by atoms with Crippen molar-refractivity contribution in [2.45, 2.75) is 51.5 Å². The van der Waals surface area contributed by atoms with Gasteiger partial charge in [-0.15, -0.1) is 11.3 Å². The Labute approximate surface area is 238 Å². The average molecular weight is 587 g/mol. The van der Waals surface area contributed by atoms with Gasteiger partial charge in [-0.2, -0.15) is 0 Å². The van der Waals surface area contributed by atoms with Gasteiger partial charge in [-0.1, -0.05) is 42.5 Å². The largest absolute Gasteiger partial charge is 0.480 e. The summed E-state index contributed by atoms with van der Waals surface area (Å²) in [6.45, 7) is 6.17. The first-order chi connectivity index (χ1) is 19.1. The van der Waals surface area contributed by atoms with Gasteiger partial charge in [0.1, 0.15) is 5.75 Å². The summed E-state index contributed by atoms with van der Waals surface area (Å²) in [4.78, 5) is 24.7. The minimum atomic E-state index is -3.74. The van der Waals surface area contributed by atoms with Crippen molar-refractivity contribution < 1.29 is 32.6 Å². The van der Waals surface area contributed by atoms with E-state index < -0.39 is 28.6 Å². The molecule has 0 aliphatic carbocycles. The van der Waals surface area contributed by atoms with Gasteiger partial charge in [-0.05, 0) is 70.0 Å². The molecule has 40 heavy (non-hydrogen) atoms. The summed E-state index contributed by atoms with van der Waals surface area (Å²) in [7, 11) is -3.74. The first kappa shape index (κ1) is 29.6. The third-order valence-electron chi connectivity index (χ3n) is 6.48. The summed E-state index contributed by atoms with van der Waals surface area (Å²) in [5.74, 6) is -1.80. The maximum absolute atomic E-state index is 13.9. The molecular formula is C29H34N2O7S2. The molecule has 0 spiro atoms. The van der Waals surface area contributed by atoms with Crippen molar-refractivity contribution in [2.24, 2.45) is 0 Å². The van der Waals surface area contributed by atoms with Gasteiger partial charge >= 0.3 is 11.9 Å². The number of carboxylic acids is 1. The molecule has 2 heterocycles. The van der Waals surface area contributed by atoms with Crippen molar-refractivity contribution in [3.8, 4) is 16.2 Å². The molecular weight excluding hydrogens is 552 g/mol. The number of thiophene rings is 1. The van der Waals surface area contributed by atoms with Crippen molar-refractivity contribution in [1.29, 1.82) is 0 Å². The van der Waals surface area contributed by atoms with Crippen LogP contribution in [0.5, 0.6) is 5.75 Å². The molecule has 0 amide bonds. The molecule has 1 aliphatic rings. The highest BCUT2D eigenvalue weighted by molar-refractivity contribution is 7.92. The van der Waals surface area contributed by atoms with E-state index in [1.54, 1.807) is 51.1 Å². The molecule has 1 saturated heterocycles. The minimum Gasteiger partial charge on any atom is -0.480 e. The number of ether oxygens (including phenoxy) is 2. The van der Waals surface area contributed by atoms with Crippen LogP contribution in [-0.2, 0) is 25.3 Å². The second kappa shape index (κ2) is 12.8. The highest BCUT2D eigenvalue weighted by atomic mass is 32.2. The fourth-order valence-corrected chi connectivity index (χ4v) is 7.73. The molecule has 3 aromatic rings. The SMILES string of the molecule is Cc1c(-c2cccc(N(C3CCNCC3)S(=O)(=O)Cc3ccccc3)c2)sc(C(=O)O)c1OCC(=O)OC(C)C. The minimum absolute atomic E-state index is 0.0397. The van der Waals surface area contributed by atoms with E-state index in [1.807, 2.05) is 24.3 Å². The number of nitrogens with zero attached hydrogens (tertiary/aromatic N) is 1. The van der Waals surface area contributed by atoms with Crippen LogP contribution < -0.4 is 14.4 Å². The van der Waals surface area contributed by atoms with Crippen LogP contribution in [0.4, 0.5) is 5.69 Å². The van der Waals surface area contributed by atoms with E-state index in [0.29, 0.717) is 53.2 Å². The summed E-state index contributed by atoms with van der Waals surface area (Å²) in [5.41, 5.74) is 2.44. The Morgan fingerprint density at radius 3 is 2.45 bits per heavy atom. The number of piperidine rings is 1. The number of esters is 1. The number of hydrogen-bond acceptors (Lipinski definition) is 8. The Morgan fingerprint density at radius 2 is 1.80 bits per heavy atom. The van der Waals surface area contributed by atoms with Crippen LogP contribution in [0.1, 0.15) is 47.5 Å². The van der Waals surface area contributed by atoms with Crippen molar-refractivity contribution >= 4 is 39.0 Å². The Bertz CT molecular complexity index is 1450. The fraction of sp³-hybridized carbons (Fsp3) is 0.379. The molecule has 2 aromatic carbocycles. The fourth-order valence-electron chi connectivity index (χ4n) is 4.79. The first-order valence-corrected chi connectivity index (χ1v) is 15.6. The highest BCUT2D eigenvalue weighted by Crippen LogP contribution is 2.43. The average Bonchev–Trinajstić information content (AvgIpc) is 3.24. The summed E-state index contributed by atoms with van der Waals surface area (Å²) >= 11 is 1.02. The molecule has 1 fully saturated rings. The third-order valence-corrected chi connectivity index (χ3v) is 9.60. The molecule has 0 saturated carbocycles. The van der Waals surface area contributed by atoms with Gasteiger partial charge in [0.05, 0.1) is 17.5 Å². The van der Waals surface area contributed by atoms with Gasteiger partial charge in [0.15, 0.2) is 11.5 Å². The van der Waals surface area contributed by atoms with E-state index in [-0.39, 0.29) is 28.5 Å². The Kier molecular flexibility index (Phi) is 9.49. The predicted octanol–water partition coefficient (Wildman–Crippen LogP) is 4.84. The second-order valence-electron chi connectivity index (χ2n) is 9.92. The Balaban J connectivity index is 1.71. The van der Waals surface area contributed by atoms with Gasteiger partial charge in [0.25, 0.3) is 0 Å².